The number of hydrogen-bond donors (Lipinski definition) is 1. The van der Waals surface area contributed by atoms with Crippen LogP contribution in [0.3, 0.4) is 0 Å². The van der Waals surface area contributed by atoms with Gasteiger partial charge in [0.15, 0.2) is 5.11 Å². The molecule has 0 bridgehead atoms. The Kier molecular flexibility index (Phi) is 5.61. The topological polar surface area (TPSA) is 46.2 Å². The predicted molar refractivity (Wildman–Crippen MR) is 133 cm³/mol. The molecule has 0 aliphatic carbocycles. The van der Waals surface area contributed by atoms with Crippen molar-refractivity contribution >= 4 is 33.3 Å². The summed E-state index contributed by atoms with van der Waals surface area (Å²) < 4.78 is 9.00. The van der Waals surface area contributed by atoms with Gasteiger partial charge < -0.3 is 19.2 Å². The summed E-state index contributed by atoms with van der Waals surface area (Å²) in [7, 11) is 0. The highest BCUT2D eigenvalue weighted by molar-refractivity contribution is 9.10. The summed E-state index contributed by atoms with van der Waals surface area (Å²) in [5, 5.41) is 4.23. The van der Waals surface area contributed by atoms with E-state index in [2.05, 4.69) is 79.9 Å². The van der Waals surface area contributed by atoms with Gasteiger partial charge in [0.25, 0.3) is 0 Å². The Morgan fingerprint density at radius 1 is 1.09 bits per heavy atom. The van der Waals surface area contributed by atoms with Crippen molar-refractivity contribution in [2.75, 3.05) is 0 Å². The van der Waals surface area contributed by atoms with Gasteiger partial charge in [-0.25, -0.2) is 0 Å². The van der Waals surface area contributed by atoms with Crippen LogP contribution >= 0.6 is 28.1 Å². The molecule has 0 spiro atoms. The molecule has 3 aromatic heterocycles. The second kappa shape index (κ2) is 8.56. The lowest BCUT2D eigenvalue weighted by Crippen LogP contribution is -2.29. The average molecular weight is 507 g/mol. The van der Waals surface area contributed by atoms with Crippen molar-refractivity contribution in [3.05, 3.63) is 106 Å². The van der Waals surface area contributed by atoms with Crippen LogP contribution in [-0.4, -0.2) is 19.6 Å². The maximum Gasteiger partial charge on any atom is 0.170 e. The lowest BCUT2D eigenvalue weighted by molar-refractivity contribution is 0.286. The van der Waals surface area contributed by atoms with Gasteiger partial charge in [-0.15, -0.1) is 0 Å². The first-order valence-electron chi connectivity index (χ1n) is 10.5. The molecule has 1 saturated heterocycles. The van der Waals surface area contributed by atoms with E-state index in [1.54, 1.807) is 6.26 Å². The molecule has 4 heterocycles. The van der Waals surface area contributed by atoms with Crippen molar-refractivity contribution in [3.63, 3.8) is 0 Å². The highest BCUT2D eigenvalue weighted by Gasteiger charge is 2.41. The molecule has 0 unspecified atom stereocenters. The first kappa shape index (κ1) is 21.0. The van der Waals surface area contributed by atoms with Crippen molar-refractivity contribution in [1.29, 1.82) is 0 Å². The number of benzene rings is 1. The van der Waals surface area contributed by atoms with Gasteiger partial charge in [0.1, 0.15) is 5.76 Å². The zero-order chi connectivity index (χ0) is 22.2. The fraction of sp³-hybridized carbons (Fsp3) is 0.200. The molecular weight excluding hydrogens is 484 g/mol. The molecule has 5 nitrogen and oxygen atoms in total. The summed E-state index contributed by atoms with van der Waals surface area (Å²) in [5.74, 6) is 0.876. The zero-order valence-electron chi connectivity index (χ0n) is 17.8. The van der Waals surface area contributed by atoms with Gasteiger partial charge in [0.2, 0.25) is 0 Å². The Bertz CT molecular complexity index is 1250. The van der Waals surface area contributed by atoms with Gasteiger partial charge in [-0.3, -0.25) is 4.98 Å². The van der Waals surface area contributed by atoms with Crippen LogP contribution in [-0.2, 0) is 6.54 Å². The molecule has 1 aliphatic heterocycles. The highest BCUT2D eigenvalue weighted by atomic mass is 79.9. The number of pyridine rings is 1. The van der Waals surface area contributed by atoms with Crippen molar-refractivity contribution < 1.29 is 4.42 Å². The monoisotopic (exact) mass is 506 g/mol. The largest absolute Gasteiger partial charge is 0.467 e. The number of rotatable bonds is 5. The van der Waals surface area contributed by atoms with Gasteiger partial charge in [-0.2, -0.15) is 0 Å². The minimum Gasteiger partial charge on any atom is -0.467 e. The molecule has 5 rings (SSSR count). The van der Waals surface area contributed by atoms with E-state index >= 15 is 0 Å². The van der Waals surface area contributed by atoms with Crippen molar-refractivity contribution in [2.24, 2.45) is 0 Å². The summed E-state index contributed by atoms with van der Waals surface area (Å²) in [4.78, 5) is 6.85. The van der Waals surface area contributed by atoms with Crippen LogP contribution in [0, 0.1) is 13.8 Å². The van der Waals surface area contributed by atoms with Gasteiger partial charge in [-0.05, 0) is 80.2 Å². The first-order valence-corrected chi connectivity index (χ1v) is 11.7. The SMILES string of the molecule is Cc1cc([C@@H]2[C@@H](c3ccccn3)NC(=S)N2Cc2ccco2)c(C)n1-c1cccc(Br)c1. The van der Waals surface area contributed by atoms with E-state index in [9.17, 15) is 0 Å². The van der Waals surface area contributed by atoms with Gasteiger partial charge in [0.05, 0.1) is 30.6 Å². The summed E-state index contributed by atoms with van der Waals surface area (Å²) in [5.41, 5.74) is 5.67. The van der Waals surface area contributed by atoms with E-state index in [1.807, 2.05) is 36.5 Å². The third-order valence-electron chi connectivity index (χ3n) is 5.96. The fourth-order valence-corrected chi connectivity index (χ4v) is 5.28. The third-order valence-corrected chi connectivity index (χ3v) is 6.80. The van der Waals surface area contributed by atoms with E-state index < -0.39 is 0 Å². The number of nitrogens with one attached hydrogen (secondary N) is 1. The van der Waals surface area contributed by atoms with Crippen molar-refractivity contribution in [2.45, 2.75) is 32.5 Å². The third kappa shape index (κ3) is 3.76. The molecule has 7 heteroatoms. The fourth-order valence-electron chi connectivity index (χ4n) is 4.58. The maximum absolute atomic E-state index is 5.79. The second-order valence-corrected chi connectivity index (χ2v) is 9.28. The lowest BCUT2D eigenvalue weighted by Gasteiger charge is -2.27. The number of aromatic nitrogens is 2. The minimum absolute atomic E-state index is 0.0189. The van der Waals surface area contributed by atoms with Gasteiger partial charge in [-0.1, -0.05) is 28.1 Å². The van der Waals surface area contributed by atoms with Crippen LogP contribution in [0.1, 0.15) is 40.5 Å². The molecule has 1 aromatic carbocycles. The summed E-state index contributed by atoms with van der Waals surface area (Å²) >= 11 is 9.40. The van der Waals surface area contributed by atoms with E-state index in [1.165, 1.54) is 17.0 Å². The number of halogens is 1. The Balaban J connectivity index is 1.63. The molecule has 0 radical (unpaired) electrons. The summed E-state index contributed by atoms with van der Waals surface area (Å²) in [6.07, 6.45) is 3.53. The number of thiocarbonyl (C=S) groups is 1. The second-order valence-electron chi connectivity index (χ2n) is 7.98. The lowest BCUT2D eigenvalue weighted by atomic mass is 9.96. The van der Waals surface area contributed by atoms with E-state index in [4.69, 9.17) is 16.6 Å². The molecular formula is C25H23BrN4OS. The Morgan fingerprint density at radius 3 is 2.69 bits per heavy atom. The molecule has 4 aromatic rings. The molecule has 0 saturated carbocycles. The standard InChI is InChI=1S/C25H23BrN4OS/c1-16-13-21(17(2)30(16)19-8-5-7-18(26)14-19)24-23(22-10-3-4-11-27-22)28-25(32)29(24)15-20-9-6-12-31-20/h3-14,23-24H,15H2,1-2H3,(H,28,32)/t23-,24-/m1/s1. The smallest absolute Gasteiger partial charge is 0.170 e. The molecule has 162 valence electrons. The molecule has 32 heavy (non-hydrogen) atoms. The van der Waals surface area contributed by atoms with Crippen molar-refractivity contribution in [1.82, 2.24) is 19.8 Å². The maximum atomic E-state index is 5.79. The quantitative estimate of drug-likeness (QED) is 0.335. The van der Waals surface area contributed by atoms with Crippen LogP contribution in [0.4, 0.5) is 0 Å². The molecule has 1 fully saturated rings. The molecule has 2 atom stereocenters. The number of aryl methyl sites for hydroxylation is 1. The van der Waals surface area contributed by atoms with Crippen molar-refractivity contribution in [3.8, 4) is 5.69 Å². The predicted octanol–water partition coefficient (Wildman–Crippen LogP) is 6.02. The minimum atomic E-state index is -0.0601. The zero-order valence-corrected chi connectivity index (χ0v) is 20.2. The molecule has 1 aliphatic rings. The van der Waals surface area contributed by atoms with E-state index in [0.29, 0.717) is 11.7 Å². The molecule has 1 N–H and O–H groups in total. The summed E-state index contributed by atoms with van der Waals surface area (Å²) in [6.45, 7) is 4.91. The highest BCUT2D eigenvalue weighted by Crippen LogP contribution is 2.42. The van der Waals surface area contributed by atoms with Crippen LogP contribution < -0.4 is 5.32 Å². The molecule has 0 amide bonds. The van der Waals surface area contributed by atoms with Gasteiger partial charge in [0, 0.05) is 27.7 Å². The number of furan rings is 1. The number of hydrogen-bond acceptors (Lipinski definition) is 3. The normalized spacial score (nSPS) is 18.2. The van der Waals surface area contributed by atoms with Crippen LogP contribution in [0.25, 0.3) is 5.69 Å². The van der Waals surface area contributed by atoms with Crippen LogP contribution in [0.5, 0.6) is 0 Å². The number of nitrogens with zero attached hydrogens (tertiary/aromatic N) is 3. The van der Waals surface area contributed by atoms with Crippen LogP contribution in [0.15, 0.2) is 82.0 Å². The summed E-state index contributed by atoms with van der Waals surface area (Å²) in [6, 6.07) is 20.5. The average Bonchev–Trinajstić information content (AvgIpc) is 3.48. The Morgan fingerprint density at radius 2 is 1.97 bits per heavy atom. The first-order chi connectivity index (χ1) is 15.5. The van der Waals surface area contributed by atoms with Gasteiger partial charge >= 0.3 is 0 Å². The Labute approximate surface area is 201 Å². The van der Waals surface area contributed by atoms with Crippen LogP contribution in [0.2, 0.25) is 0 Å². The van der Waals surface area contributed by atoms with E-state index in [-0.39, 0.29) is 12.1 Å². The van der Waals surface area contributed by atoms with E-state index in [0.717, 1.165) is 21.6 Å². The Hall–Kier alpha value is -2.90.